The third-order valence-electron chi connectivity index (χ3n) is 2.62. The topological polar surface area (TPSA) is 29.1 Å². The van der Waals surface area contributed by atoms with Crippen LogP contribution in [0, 0.1) is 5.82 Å². The normalized spacial score (nSPS) is 14.6. The molecule has 1 N–H and O–H groups in total. The molecular formula is C12H17ClFNOS. The lowest BCUT2D eigenvalue weighted by molar-refractivity contribution is 0.579. The fourth-order valence-electron chi connectivity index (χ4n) is 1.37. The molecule has 0 radical (unpaired) electrons. The van der Waals surface area contributed by atoms with Crippen LogP contribution in [0.4, 0.5) is 4.39 Å². The van der Waals surface area contributed by atoms with Crippen LogP contribution in [0.1, 0.15) is 18.9 Å². The van der Waals surface area contributed by atoms with Crippen molar-refractivity contribution in [2.24, 2.45) is 0 Å². The molecule has 0 spiro atoms. The molecule has 0 fully saturated rings. The molecule has 0 heterocycles. The molecule has 96 valence electrons. The number of hydrogen-bond acceptors (Lipinski definition) is 2. The summed E-state index contributed by atoms with van der Waals surface area (Å²) in [6.07, 6.45) is 2.51. The summed E-state index contributed by atoms with van der Waals surface area (Å²) >= 11 is 5.79. The Kier molecular flexibility index (Phi) is 6.09. The van der Waals surface area contributed by atoms with E-state index in [-0.39, 0.29) is 11.1 Å². The summed E-state index contributed by atoms with van der Waals surface area (Å²) in [6.45, 7) is 3.10. The minimum absolute atomic E-state index is 0.159. The monoisotopic (exact) mass is 277 g/mol. The number of halogens is 2. The molecule has 17 heavy (non-hydrogen) atoms. The molecule has 0 saturated carbocycles. The van der Waals surface area contributed by atoms with E-state index in [1.54, 1.807) is 12.3 Å². The molecule has 1 aromatic rings. The standard InChI is InChI=1S/C12H17ClFNOS/c1-9(17(2)16)5-6-15-8-10-7-11(13)3-4-12(10)14/h3-4,7,9,15H,5-6,8H2,1-2H3. The summed E-state index contributed by atoms with van der Waals surface area (Å²) in [6, 6.07) is 4.51. The summed E-state index contributed by atoms with van der Waals surface area (Å²) in [5, 5.41) is 3.81. The predicted octanol–water partition coefficient (Wildman–Crippen LogP) is 2.73. The number of benzene rings is 1. The largest absolute Gasteiger partial charge is 0.313 e. The second kappa shape index (κ2) is 7.09. The van der Waals surface area contributed by atoms with Gasteiger partial charge in [-0.3, -0.25) is 4.21 Å². The molecule has 0 aliphatic carbocycles. The molecule has 2 nitrogen and oxygen atoms in total. The summed E-state index contributed by atoms with van der Waals surface area (Å²) < 4.78 is 24.4. The van der Waals surface area contributed by atoms with E-state index in [4.69, 9.17) is 11.6 Å². The second-order valence-electron chi connectivity index (χ2n) is 4.01. The molecule has 5 heteroatoms. The molecule has 0 aliphatic rings. The van der Waals surface area contributed by atoms with Gasteiger partial charge in [0.25, 0.3) is 0 Å². The number of rotatable bonds is 6. The van der Waals surface area contributed by atoms with Gasteiger partial charge in [0.1, 0.15) is 5.82 Å². The van der Waals surface area contributed by atoms with E-state index in [0.717, 1.165) is 6.42 Å². The van der Waals surface area contributed by atoms with Crippen molar-refractivity contribution >= 4 is 22.4 Å². The van der Waals surface area contributed by atoms with E-state index >= 15 is 0 Å². The van der Waals surface area contributed by atoms with Gasteiger partial charge in [-0.1, -0.05) is 18.5 Å². The molecule has 0 bridgehead atoms. The van der Waals surface area contributed by atoms with Gasteiger partial charge in [0, 0.05) is 39.4 Å². The second-order valence-corrected chi connectivity index (χ2v) is 6.25. The molecule has 0 aliphatic heterocycles. The van der Waals surface area contributed by atoms with Gasteiger partial charge in [-0.25, -0.2) is 4.39 Å². The predicted molar refractivity (Wildman–Crippen MR) is 71.3 cm³/mol. The SMILES string of the molecule is CC(CCNCc1cc(Cl)ccc1F)S(C)=O. The summed E-state index contributed by atoms with van der Waals surface area (Å²) in [4.78, 5) is 0. The van der Waals surface area contributed by atoms with Gasteiger partial charge < -0.3 is 5.32 Å². The van der Waals surface area contributed by atoms with Gasteiger partial charge in [0.2, 0.25) is 0 Å². The molecule has 2 unspecified atom stereocenters. The first-order chi connectivity index (χ1) is 8.00. The minimum atomic E-state index is -0.802. The van der Waals surface area contributed by atoms with Crippen LogP contribution >= 0.6 is 11.6 Å². The minimum Gasteiger partial charge on any atom is -0.313 e. The van der Waals surface area contributed by atoms with Crippen LogP contribution in [0.2, 0.25) is 5.02 Å². The molecule has 2 atom stereocenters. The highest BCUT2D eigenvalue weighted by Crippen LogP contribution is 2.14. The van der Waals surface area contributed by atoms with E-state index in [1.165, 1.54) is 12.1 Å². The summed E-state index contributed by atoms with van der Waals surface area (Å²) in [5.74, 6) is -0.256. The van der Waals surface area contributed by atoms with Gasteiger partial charge in [0.05, 0.1) is 0 Å². The third-order valence-corrected chi connectivity index (χ3v) is 4.22. The molecule has 0 aromatic heterocycles. The van der Waals surface area contributed by atoms with E-state index in [0.29, 0.717) is 23.7 Å². The lowest BCUT2D eigenvalue weighted by Gasteiger charge is -2.09. The Morgan fingerprint density at radius 2 is 2.24 bits per heavy atom. The highest BCUT2D eigenvalue weighted by molar-refractivity contribution is 7.84. The Bertz CT molecular complexity index is 400. The highest BCUT2D eigenvalue weighted by atomic mass is 35.5. The quantitative estimate of drug-likeness (QED) is 0.810. The van der Waals surface area contributed by atoms with E-state index in [2.05, 4.69) is 5.32 Å². The van der Waals surface area contributed by atoms with Gasteiger partial charge in [-0.2, -0.15) is 0 Å². The van der Waals surface area contributed by atoms with Crippen molar-refractivity contribution in [3.8, 4) is 0 Å². The van der Waals surface area contributed by atoms with E-state index in [1.807, 2.05) is 6.92 Å². The van der Waals surface area contributed by atoms with Crippen molar-refractivity contribution < 1.29 is 8.60 Å². The van der Waals surface area contributed by atoms with Crippen molar-refractivity contribution in [2.45, 2.75) is 25.1 Å². The Morgan fingerprint density at radius 1 is 1.53 bits per heavy atom. The molecule has 1 aromatic carbocycles. The average Bonchev–Trinajstić information content (AvgIpc) is 2.28. The number of hydrogen-bond donors (Lipinski definition) is 1. The lowest BCUT2D eigenvalue weighted by Crippen LogP contribution is -2.21. The zero-order chi connectivity index (χ0) is 12.8. The zero-order valence-corrected chi connectivity index (χ0v) is 11.6. The first-order valence-corrected chi connectivity index (χ1v) is 7.47. The maximum Gasteiger partial charge on any atom is 0.127 e. The number of nitrogens with one attached hydrogen (secondary N) is 1. The van der Waals surface area contributed by atoms with Crippen molar-refractivity contribution in [1.82, 2.24) is 5.32 Å². The van der Waals surface area contributed by atoms with Crippen LogP contribution in [0.15, 0.2) is 18.2 Å². The summed E-state index contributed by atoms with van der Waals surface area (Å²) in [7, 11) is -0.802. The highest BCUT2D eigenvalue weighted by Gasteiger charge is 2.06. The Labute approximate surface area is 109 Å². The molecule has 0 amide bonds. The molecule has 1 rings (SSSR count). The summed E-state index contributed by atoms with van der Waals surface area (Å²) in [5.41, 5.74) is 0.558. The first kappa shape index (κ1) is 14.6. The van der Waals surface area contributed by atoms with Crippen LogP contribution in [0.25, 0.3) is 0 Å². The smallest absolute Gasteiger partial charge is 0.127 e. The van der Waals surface area contributed by atoms with E-state index in [9.17, 15) is 8.60 Å². The van der Waals surface area contributed by atoms with Crippen LogP contribution < -0.4 is 5.32 Å². The van der Waals surface area contributed by atoms with Crippen molar-refractivity contribution in [1.29, 1.82) is 0 Å². The van der Waals surface area contributed by atoms with Gasteiger partial charge in [-0.15, -0.1) is 0 Å². The Hall–Kier alpha value is -0.450. The maximum absolute atomic E-state index is 13.3. The molecule has 0 saturated heterocycles. The van der Waals surface area contributed by atoms with Crippen LogP contribution in [0.5, 0.6) is 0 Å². The fraction of sp³-hybridized carbons (Fsp3) is 0.500. The van der Waals surface area contributed by atoms with E-state index < -0.39 is 10.8 Å². The Morgan fingerprint density at radius 3 is 2.88 bits per heavy atom. The van der Waals surface area contributed by atoms with Gasteiger partial charge >= 0.3 is 0 Å². The Balaban J connectivity index is 2.36. The van der Waals surface area contributed by atoms with Crippen LogP contribution in [-0.4, -0.2) is 22.3 Å². The van der Waals surface area contributed by atoms with Crippen molar-refractivity contribution in [3.05, 3.63) is 34.6 Å². The zero-order valence-electron chi connectivity index (χ0n) is 10.0. The van der Waals surface area contributed by atoms with Gasteiger partial charge in [-0.05, 0) is 31.2 Å². The lowest BCUT2D eigenvalue weighted by atomic mass is 10.2. The van der Waals surface area contributed by atoms with Crippen LogP contribution in [-0.2, 0) is 17.3 Å². The maximum atomic E-state index is 13.3. The third kappa shape index (κ3) is 5.15. The van der Waals surface area contributed by atoms with Crippen molar-refractivity contribution in [2.75, 3.05) is 12.8 Å². The van der Waals surface area contributed by atoms with Crippen LogP contribution in [0.3, 0.4) is 0 Å². The van der Waals surface area contributed by atoms with Crippen molar-refractivity contribution in [3.63, 3.8) is 0 Å². The fourth-order valence-corrected chi connectivity index (χ4v) is 2.02. The van der Waals surface area contributed by atoms with Gasteiger partial charge in [0.15, 0.2) is 0 Å². The molecular weight excluding hydrogens is 261 g/mol. The first-order valence-electron chi connectivity index (χ1n) is 5.47. The average molecular weight is 278 g/mol.